The molecule has 1 atom stereocenters. The van der Waals surface area contributed by atoms with E-state index in [9.17, 15) is 0 Å². The zero-order chi connectivity index (χ0) is 11.8. The second-order valence-corrected chi connectivity index (χ2v) is 5.70. The number of nitrogens with zero attached hydrogens (tertiary/aromatic N) is 2. The van der Waals surface area contributed by atoms with E-state index >= 15 is 0 Å². The molecule has 1 aliphatic rings. The highest BCUT2D eigenvalue weighted by Crippen LogP contribution is 2.29. The van der Waals surface area contributed by atoms with Gasteiger partial charge < -0.3 is 9.88 Å². The fourth-order valence-corrected chi connectivity index (χ4v) is 2.78. The highest BCUT2D eigenvalue weighted by atomic mass is 32.1. The number of hydrogen-bond acceptors (Lipinski definition) is 3. The lowest BCUT2D eigenvalue weighted by Crippen LogP contribution is -2.12. The van der Waals surface area contributed by atoms with Gasteiger partial charge in [-0.05, 0) is 38.1 Å². The molecule has 0 amide bonds. The minimum absolute atomic E-state index is 0.359. The molecule has 0 aliphatic heterocycles. The number of hydrogen-bond donors (Lipinski definition) is 1. The average molecular weight is 247 g/mol. The van der Waals surface area contributed by atoms with Crippen LogP contribution in [0.2, 0.25) is 0 Å². The van der Waals surface area contributed by atoms with Crippen molar-refractivity contribution in [2.45, 2.75) is 38.8 Å². The van der Waals surface area contributed by atoms with Crippen molar-refractivity contribution in [1.82, 2.24) is 9.55 Å². The van der Waals surface area contributed by atoms with Crippen LogP contribution in [-0.2, 0) is 0 Å². The first kappa shape index (κ1) is 10.8. The van der Waals surface area contributed by atoms with Crippen molar-refractivity contribution >= 4 is 17.3 Å². The number of aryl methyl sites for hydroxylation is 1. The molecule has 0 bridgehead atoms. The van der Waals surface area contributed by atoms with Crippen molar-refractivity contribution in [3.05, 3.63) is 34.3 Å². The number of anilines is 1. The Kier molecular flexibility index (Phi) is 2.67. The smallest absolute Gasteiger partial charge is 0.203 e. The lowest BCUT2D eigenvalue weighted by Gasteiger charge is -2.15. The van der Waals surface area contributed by atoms with Crippen LogP contribution in [0.1, 0.15) is 36.4 Å². The number of rotatable bonds is 4. The summed E-state index contributed by atoms with van der Waals surface area (Å²) in [7, 11) is 0. The molecule has 1 saturated carbocycles. The summed E-state index contributed by atoms with van der Waals surface area (Å²) >= 11 is 1.80. The Bertz CT molecular complexity index is 497. The molecule has 0 spiro atoms. The molecule has 0 saturated heterocycles. The van der Waals surface area contributed by atoms with Gasteiger partial charge in [0.05, 0.1) is 11.7 Å². The second kappa shape index (κ2) is 4.18. The fourth-order valence-electron chi connectivity index (χ4n) is 1.99. The van der Waals surface area contributed by atoms with Gasteiger partial charge in [-0.2, -0.15) is 0 Å². The summed E-state index contributed by atoms with van der Waals surface area (Å²) in [5.74, 6) is 1.02. The third-order valence-corrected chi connectivity index (χ3v) is 4.18. The third kappa shape index (κ3) is 2.22. The largest absolute Gasteiger partial charge is 0.353 e. The van der Waals surface area contributed by atoms with Gasteiger partial charge in [0.25, 0.3) is 0 Å². The highest BCUT2D eigenvalue weighted by molar-refractivity contribution is 7.10. The van der Waals surface area contributed by atoms with Crippen LogP contribution in [0.3, 0.4) is 0 Å². The summed E-state index contributed by atoms with van der Waals surface area (Å²) in [6, 6.07) is 5.29. The van der Waals surface area contributed by atoms with Crippen LogP contribution < -0.4 is 5.32 Å². The van der Waals surface area contributed by atoms with Crippen molar-refractivity contribution in [1.29, 1.82) is 0 Å². The first-order valence-electron chi connectivity index (χ1n) is 6.09. The van der Waals surface area contributed by atoms with E-state index in [2.05, 4.69) is 52.4 Å². The second-order valence-electron chi connectivity index (χ2n) is 4.72. The molecule has 2 aromatic rings. The first-order chi connectivity index (χ1) is 8.24. The van der Waals surface area contributed by atoms with Crippen molar-refractivity contribution in [2.75, 3.05) is 5.32 Å². The number of thiophene rings is 1. The van der Waals surface area contributed by atoms with Gasteiger partial charge in [-0.25, -0.2) is 4.98 Å². The fraction of sp³-hybridized carbons (Fsp3) is 0.462. The minimum atomic E-state index is 0.359. The van der Waals surface area contributed by atoms with E-state index in [1.165, 1.54) is 17.7 Å². The van der Waals surface area contributed by atoms with Gasteiger partial charge in [0.2, 0.25) is 5.95 Å². The predicted octanol–water partition coefficient (Wildman–Crippen LogP) is 3.44. The molecule has 0 aromatic carbocycles. The van der Waals surface area contributed by atoms with Crippen LogP contribution in [0, 0.1) is 6.92 Å². The normalized spacial score (nSPS) is 17.1. The number of imidazole rings is 1. The minimum Gasteiger partial charge on any atom is -0.353 e. The Hall–Kier alpha value is -1.29. The molecule has 90 valence electrons. The molecule has 2 aromatic heterocycles. The maximum Gasteiger partial charge on any atom is 0.203 e. The van der Waals surface area contributed by atoms with Gasteiger partial charge >= 0.3 is 0 Å². The van der Waals surface area contributed by atoms with Gasteiger partial charge in [0.1, 0.15) is 0 Å². The standard InChI is InChI=1S/C13H17N3S/c1-9-8-16(10(2)12-4-3-7-17-12)13(14-9)15-11-5-6-11/h3-4,7-8,10-11H,5-6H2,1-2H3,(H,14,15). The van der Waals surface area contributed by atoms with E-state index in [4.69, 9.17) is 0 Å². The van der Waals surface area contributed by atoms with Crippen LogP contribution in [0.5, 0.6) is 0 Å². The van der Waals surface area contributed by atoms with E-state index in [-0.39, 0.29) is 0 Å². The van der Waals surface area contributed by atoms with Gasteiger partial charge in [0.15, 0.2) is 0 Å². The maximum atomic E-state index is 4.58. The molecule has 3 nitrogen and oxygen atoms in total. The van der Waals surface area contributed by atoms with Crippen molar-refractivity contribution in [3.8, 4) is 0 Å². The molecule has 2 heterocycles. The summed E-state index contributed by atoms with van der Waals surface area (Å²) in [6.45, 7) is 4.28. The average Bonchev–Trinajstić information content (AvgIpc) is 2.82. The molecule has 0 radical (unpaired) electrons. The van der Waals surface area contributed by atoms with E-state index in [1.807, 2.05) is 0 Å². The van der Waals surface area contributed by atoms with Crippen LogP contribution in [0.15, 0.2) is 23.7 Å². The van der Waals surface area contributed by atoms with E-state index < -0.39 is 0 Å². The Morgan fingerprint density at radius 2 is 2.35 bits per heavy atom. The van der Waals surface area contributed by atoms with E-state index in [0.717, 1.165) is 11.6 Å². The number of aromatic nitrogens is 2. The molecule has 1 fully saturated rings. The van der Waals surface area contributed by atoms with Gasteiger partial charge in [0, 0.05) is 17.1 Å². The van der Waals surface area contributed by atoms with E-state index in [1.54, 1.807) is 11.3 Å². The molecule has 1 aliphatic carbocycles. The summed E-state index contributed by atoms with van der Waals surface area (Å²) in [5, 5.41) is 5.63. The topological polar surface area (TPSA) is 29.9 Å². The molecule has 3 rings (SSSR count). The van der Waals surface area contributed by atoms with Crippen LogP contribution in [-0.4, -0.2) is 15.6 Å². The summed E-state index contributed by atoms with van der Waals surface area (Å²) in [6.07, 6.45) is 4.69. The van der Waals surface area contributed by atoms with Crippen LogP contribution >= 0.6 is 11.3 Å². The SMILES string of the molecule is Cc1cn(C(C)c2cccs2)c(NC2CC2)n1. The Labute approximate surface area is 106 Å². The van der Waals surface area contributed by atoms with Crippen molar-refractivity contribution < 1.29 is 0 Å². The van der Waals surface area contributed by atoms with Crippen LogP contribution in [0.4, 0.5) is 5.95 Å². The lowest BCUT2D eigenvalue weighted by molar-refractivity contribution is 0.653. The first-order valence-corrected chi connectivity index (χ1v) is 6.97. The molecular weight excluding hydrogens is 230 g/mol. The van der Waals surface area contributed by atoms with Gasteiger partial charge in [-0.3, -0.25) is 0 Å². The maximum absolute atomic E-state index is 4.58. The summed E-state index contributed by atoms with van der Waals surface area (Å²) < 4.78 is 2.25. The molecule has 4 heteroatoms. The Morgan fingerprint density at radius 3 is 3.00 bits per heavy atom. The Balaban J connectivity index is 1.89. The summed E-state index contributed by atoms with van der Waals surface area (Å²) in [5.41, 5.74) is 1.08. The molecule has 17 heavy (non-hydrogen) atoms. The van der Waals surface area contributed by atoms with E-state index in [0.29, 0.717) is 12.1 Å². The quantitative estimate of drug-likeness (QED) is 0.897. The van der Waals surface area contributed by atoms with Crippen LogP contribution in [0.25, 0.3) is 0 Å². The van der Waals surface area contributed by atoms with Crippen molar-refractivity contribution in [2.24, 2.45) is 0 Å². The molecule has 1 unspecified atom stereocenters. The number of nitrogens with one attached hydrogen (secondary N) is 1. The zero-order valence-corrected chi connectivity index (χ0v) is 11.0. The van der Waals surface area contributed by atoms with Gasteiger partial charge in [-0.15, -0.1) is 11.3 Å². The molecular formula is C13H17N3S. The zero-order valence-electron chi connectivity index (χ0n) is 10.2. The Morgan fingerprint density at radius 1 is 1.53 bits per heavy atom. The predicted molar refractivity (Wildman–Crippen MR) is 71.7 cm³/mol. The highest BCUT2D eigenvalue weighted by Gasteiger charge is 2.24. The lowest BCUT2D eigenvalue weighted by atomic mass is 10.3. The molecule has 1 N–H and O–H groups in total. The van der Waals surface area contributed by atoms with Gasteiger partial charge in [-0.1, -0.05) is 6.07 Å². The van der Waals surface area contributed by atoms with Crippen molar-refractivity contribution in [3.63, 3.8) is 0 Å². The third-order valence-electron chi connectivity index (χ3n) is 3.14. The monoisotopic (exact) mass is 247 g/mol. The summed E-state index contributed by atoms with van der Waals surface area (Å²) in [4.78, 5) is 5.95.